The molecule has 3 rings (SSSR count). The molecule has 1 amide bonds. The molecule has 0 fully saturated rings. The molecule has 2 aromatic rings. The van der Waals surface area contributed by atoms with Crippen molar-refractivity contribution in [3.05, 3.63) is 59.4 Å². The minimum absolute atomic E-state index is 0.00781. The number of thioether (sulfide) groups is 1. The summed E-state index contributed by atoms with van der Waals surface area (Å²) in [6, 6.07) is 6.15. The van der Waals surface area contributed by atoms with E-state index < -0.39 is 34.5 Å². The summed E-state index contributed by atoms with van der Waals surface area (Å²) in [6.45, 7) is 3.31. The maximum absolute atomic E-state index is 15.2. The third kappa shape index (κ3) is 3.84. The van der Waals surface area contributed by atoms with Gasteiger partial charge < -0.3 is 11.1 Å². The van der Waals surface area contributed by atoms with Crippen LogP contribution in [0.25, 0.3) is 0 Å². The molecule has 1 aromatic heterocycles. The van der Waals surface area contributed by atoms with Crippen LogP contribution in [0.5, 0.6) is 0 Å². The lowest BCUT2D eigenvalue weighted by Crippen LogP contribution is -2.45. The van der Waals surface area contributed by atoms with Crippen LogP contribution in [0.3, 0.4) is 0 Å². The molecule has 5 nitrogen and oxygen atoms in total. The summed E-state index contributed by atoms with van der Waals surface area (Å²) in [5.41, 5.74) is 4.55. The Morgan fingerprint density at radius 1 is 1.32 bits per heavy atom. The molecule has 0 saturated carbocycles. The maximum atomic E-state index is 15.2. The Kier molecular flexibility index (Phi) is 5.64. The van der Waals surface area contributed by atoms with Crippen molar-refractivity contribution in [2.75, 3.05) is 5.32 Å². The fourth-order valence-electron chi connectivity index (χ4n) is 3.09. The van der Waals surface area contributed by atoms with E-state index in [9.17, 15) is 13.6 Å². The van der Waals surface area contributed by atoms with Crippen molar-refractivity contribution in [2.24, 2.45) is 10.7 Å². The summed E-state index contributed by atoms with van der Waals surface area (Å²) in [7, 11) is 0. The third-order valence-electron chi connectivity index (χ3n) is 4.61. The lowest BCUT2D eigenvalue weighted by atomic mass is 9.84. The summed E-state index contributed by atoms with van der Waals surface area (Å²) < 4.78 is 42.7. The quantitative estimate of drug-likeness (QED) is 0.801. The van der Waals surface area contributed by atoms with Crippen LogP contribution in [0.4, 0.5) is 18.9 Å². The fraction of sp³-hybridized carbons (Fsp3) is 0.316. The lowest BCUT2D eigenvalue weighted by molar-refractivity contribution is 0.102. The Hall–Kier alpha value is -2.55. The van der Waals surface area contributed by atoms with Crippen LogP contribution in [0, 0.1) is 11.6 Å². The van der Waals surface area contributed by atoms with Crippen molar-refractivity contribution < 1.29 is 18.0 Å². The van der Waals surface area contributed by atoms with Crippen LogP contribution < -0.4 is 11.1 Å². The van der Waals surface area contributed by atoms with Crippen LogP contribution in [-0.2, 0) is 5.54 Å². The number of rotatable bonds is 4. The molecule has 28 heavy (non-hydrogen) atoms. The van der Waals surface area contributed by atoms with Gasteiger partial charge in [0.15, 0.2) is 5.17 Å². The van der Waals surface area contributed by atoms with E-state index in [0.717, 1.165) is 30.1 Å². The largest absolute Gasteiger partial charge is 0.379 e. The van der Waals surface area contributed by atoms with Crippen molar-refractivity contribution in [3.63, 3.8) is 0 Å². The standard InChI is InChI=1S/C19H19F3N4OS/c1-3-15-16(22)19(2,26-18(23)28-15)12-8-11(5-6-13(12)21)25-17(27)14-7-4-10(20)9-24-14/h4-9,15-16H,3H2,1-2H3,(H2,23,26)(H,25,27)/t15-,16+,19-/m1/s1. The number of anilines is 1. The number of nitrogens with two attached hydrogens (primary N) is 1. The molecule has 0 spiro atoms. The number of benzene rings is 1. The lowest BCUT2D eigenvalue weighted by Gasteiger charge is -2.38. The summed E-state index contributed by atoms with van der Waals surface area (Å²) in [5, 5.41) is 2.29. The van der Waals surface area contributed by atoms with Gasteiger partial charge in [0.2, 0.25) is 0 Å². The number of hydrogen-bond donors (Lipinski definition) is 2. The normalized spacial score (nSPS) is 24.5. The predicted molar refractivity (Wildman–Crippen MR) is 104 cm³/mol. The van der Waals surface area contributed by atoms with Gasteiger partial charge in [0.1, 0.15) is 29.0 Å². The molecule has 0 unspecified atom stereocenters. The first-order valence-corrected chi connectivity index (χ1v) is 9.51. The van der Waals surface area contributed by atoms with Crippen molar-refractivity contribution in [1.82, 2.24) is 4.98 Å². The molecular formula is C19H19F3N4OS. The molecule has 0 bridgehead atoms. The van der Waals surface area contributed by atoms with Gasteiger partial charge in [-0.3, -0.25) is 4.79 Å². The number of aliphatic imine (C=N–C) groups is 1. The van der Waals surface area contributed by atoms with E-state index in [2.05, 4.69) is 15.3 Å². The second-order valence-electron chi connectivity index (χ2n) is 6.57. The van der Waals surface area contributed by atoms with Crippen molar-refractivity contribution >= 4 is 28.5 Å². The van der Waals surface area contributed by atoms with E-state index in [4.69, 9.17) is 5.73 Å². The number of pyridine rings is 1. The van der Waals surface area contributed by atoms with Gasteiger partial charge in [0, 0.05) is 16.5 Å². The monoisotopic (exact) mass is 408 g/mol. The molecule has 1 aromatic carbocycles. The topological polar surface area (TPSA) is 80.4 Å². The highest BCUT2D eigenvalue weighted by Crippen LogP contribution is 2.43. The molecular weight excluding hydrogens is 389 g/mol. The molecule has 3 N–H and O–H groups in total. The zero-order valence-electron chi connectivity index (χ0n) is 15.2. The van der Waals surface area contributed by atoms with Gasteiger partial charge in [-0.1, -0.05) is 18.7 Å². The number of halogens is 3. The Balaban J connectivity index is 1.94. The Morgan fingerprint density at radius 2 is 2.07 bits per heavy atom. The smallest absolute Gasteiger partial charge is 0.274 e. The maximum Gasteiger partial charge on any atom is 0.274 e. The van der Waals surface area contributed by atoms with Gasteiger partial charge in [-0.15, -0.1) is 0 Å². The van der Waals surface area contributed by atoms with Crippen LogP contribution in [0.1, 0.15) is 36.3 Å². The van der Waals surface area contributed by atoms with E-state index in [-0.39, 0.29) is 22.1 Å². The number of nitrogens with zero attached hydrogens (tertiary/aromatic N) is 2. The summed E-state index contributed by atoms with van der Waals surface area (Å²) >= 11 is 1.13. The minimum atomic E-state index is -1.52. The number of carbonyl (C=O) groups is 1. The van der Waals surface area contributed by atoms with E-state index in [1.807, 2.05) is 6.92 Å². The number of nitrogens with one attached hydrogen (secondary N) is 1. The summed E-state index contributed by atoms with van der Waals surface area (Å²) in [4.78, 5) is 20.2. The van der Waals surface area contributed by atoms with Crippen LogP contribution in [-0.4, -0.2) is 27.5 Å². The zero-order valence-corrected chi connectivity index (χ0v) is 16.1. The number of alkyl halides is 1. The first-order valence-electron chi connectivity index (χ1n) is 8.63. The number of hydrogen-bond acceptors (Lipinski definition) is 5. The van der Waals surface area contributed by atoms with Crippen LogP contribution in [0.15, 0.2) is 41.5 Å². The Labute approximate surface area is 164 Å². The van der Waals surface area contributed by atoms with Crippen molar-refractivity contribution in [3.8, 4) is 0 Å². The van der Waals surface area contributed by atoms with Gasteiger partial charge in [-0.05, 0) is 43.7 Å². The highest BCUT2D eigenvalue weighted by atomic mass is 32.2. The van der Waals surface area contributed by atoms with Crippen LogP contribution in [0.2, 0.25) is 0 Å². The van der Waals surface area contributed by atoms with Gasteiger partial charge in [-0.25, -0.2) is 23.1 Å². The first kappa shape index (κ1) is 20.2. The highest BCUT2D eigenvalue weighted by Gasteiger charge is 2.46. The van der Waals surface area contributed by atoms with Crippen LogP contribution >= 0.6 is 11.8 Å². The van der Waals surface area contributed by atoms with Crippen molar-refractivity contribution in [2.45, 2.75) is 37.2 Å². The molecule has 9 heteroatoms. The summed E-state index contributed by atoms with van der Waals surface area (Å²) in [6.07, 6.45) is -0.0395. The summed E-state index contributed by atoms with van der Waals surface area (Å²) in [5.74, 6) is -1.83. The molecule has 0 aliphatic carbocycles. The second-order valence-corrected chi connectivity index (χ2v) is 7.83. The van der Waals surface area contributed by atoms with Gasteiger partial charge in [-0.2, -0.15) is 0 Å². The molecule has 1 aliphatic rings. The Morgan fingerprint density at radius 3 is 2.71 bits per heavy atom. The number of amidine groups is 1. The molecule has 0 radical (unpaired) electrons. The minimum Gasteiger partial charge on any atom is -0.379 e. The molecule has 3 atom stereocenters. The van der Waals surface area contributed by atoms with Gasteiger partial charge >= 0.3 is 0 Å². The average Bonchev–Trinajstić information content (AvgIpc) is 2.66. The molecule has 2 heterocycles. The number of carbonyl (C=O) groups excluding carboxylic acids is 1. The zero-order chi connectivity index (χ0) is 20.5. The molecule has 1 aliphatic heterocycles. The number of aromatic nitrogens is 1. The van der Waals surface area contributed by atoms with Gasteiger partial charge in [0.05, 0.1) is 6.20 Å². The second kappa shape index (κ2) is 7.83. The fourth-order valence-corrected chi connectivity index (χ4v) is 4.19. The SMILES string of the molecule is CC[C@H]1SC(N)=N[C@](C)(c2cc(NC(=O)c3ccc(F)cn3)ccc2F)[C@H]1F. The average molecular weight is 408 g/mol. The highest BCUT2D eigenvalue weighted by molar-refractivity contribution is 8.14. The Bertz CT molecular complexity index is 922. The van der Waals surface area contributed by atoms with E-state index >= 15 is 4.39 Å². The molecule has 0 saturated heterocycles. The van der Waals surface area contributed by atoms with E-state index in [0.29, 0.717) is 6.42 Å². The predicted octanol–water partition coefficient (Wildman–Crippen LogP) is 4.01. The molecule has 148 valence electrons. The van der Waals surface area contributed by atoms with E-state index in [1.165, 1.54) is 25.1 Å². The van der Waals surface area contributed by atoms with E-state index in [1.54, 1.807) is 0 Å². The number of amides is 1. The van der Waals surface area contributed by atoms with Gasteiger partial charge in [0.25, 0.3) is 5.91 Å². The van der Waals surface area contributed by atoms with Crippen molar-refractivity contribution in [1.29, 1.82) is 0 Å². The first-order chi connectivity index (χ1) is 13.2. The third-order valence-corrected chi connectivity index (χ3v) is 5.82.